The van der Waals surface area contributed by atoms with Crippen LogP contribution < -0.4 is 4.90 Å². The Morgan fingerprint density at radius 3 is 2.47 bits per heavy atom. The molecule has 1 atom stereocenters. The van der Waals surface area contributed by atoms with Crippen LogP contribution in [-0.2, 0) is 38.6 Å². The van der Waals surface area contributed by atoms with E-state index in [-0.39, 0.29) is 43.2 Å². The van der Waals surface area contributed by atoms with Crippen LogP contribution in [0.5, 0.6) is 0 Å². The Labute approximate surface area is 294 Å². The summed E-state index contributed by atoms with van der Waals surface area (Å²) in [6, 6.07) is 6.01. The third-order valence-electron chi connectivity index (χ3n) is 9.36. The molecule has 270 valence electrons. The van der Waals surface area contributed by atoms with Crippen LogP contribution in [0.15, 0.2) is 36.8 Å². The zero-order chi connectivity index (χ0) is 35.4. The van der Waals surface area contributed by atoms with Crippen LogP contribution in [0.25, 0.3) is 16.9 Å². The number of hydrogen-bond acceptors (Lipinski definition) is 8. The molecule has 0 spiro atoms. The minimum Gasteiger partial charge on any atom is -0.411 e. The van der Waals surface area contributed by atoms with E-state index in [0.29, 0.717) is 59.4 Å². The van der Waals surface area contributed by atoms with Gasteiger partial charge in [-0.25, -0.2) is 18.5 Å². The summed E-state index contributed by atoms with van der Waals surface area (Å²) in [6.07, 6.45) is -1.81. The first-order valence-corrected chi connectivity index (χ1v) is 20.1. The van der Waals surface area contributed by atoms with Gasteiger partial charge in [0.05, 0.1) is 47.5 Å². The van der Waals surface area contributed by atoms with Crippen LogP contribution in [0.2, 0.25) is 18.1 Å². The van der Waals surface area contributed by atoms with E-state index in [2.05, 4.69) is 43.7 Å². The number of benzene rings is 1. The van der Waals surface area contributed by atoms with E-state index in [1.54, 1.807) is 10.6 Å². The summed E-state index contributed by atoms with van der Waals surface area (Å²) in [4.78, 5) is 11.5. The minimum atomic E-state index is -4.51. The van der Waals surface area contributed by atoms with E-state index in [9.17, 15) is 21.6 Å². The number of halogens is 3. The van der Waals surface area contributed by atoms with Gasteiger partial charge in [0.1, 0.15) is 6.33 Å². The fourth-order valence-electron chi connectivity index (χ4n) is 5.35. The van der Waals surface area contributed by atoms with Crippen molar-refractivity contribution in [3.63, 3.8) is 0 Å². The molecule has 0 aliphatic carbocycles. The number of alkyl halides is 3. The smallest absolute Gasteiger partial charge is 0.411 e. The number of fused-ring (bicyclic) bond motifs is 1. The maximum Gasteiger partial charge on any atom is 0.416 e. The normalized spacial score (nSPS) is 16.4. The third-order valence-corrected chi connectivity index (χ3v) is 15.5. The van der Waals surface area contributed by atoms with Crippen molar-refractivity contribution < 1.29 is 30.8 Å². The van der Waals surface area contributed by atoms with Gasteiger partial charge in [0.2, 0.25) is 0 Å². The van der Waals surface area contributed by atoms with Crippen LogP contribution in [0, 0.1) is 6.92 Å². The van der Waals surface area contributed by atoms with Gasteiger partial charge in [-0.2, -0.15) is 39.4 Å². The molecule has 4 heterocycles. The van der Waals surface area contributed by atoms with Crippen LogP contribution in [0.3, 0.4) is 0 Å². The Balaban J connectivity index is 0.00000541. The molecule has 1 unspecified atom stereocenters. The van der Waals surface area contributed by atoms with Crippen molar-refractivity contribution in [2.24, 2.45) is 0 Å². The standard InChI is InChI=1S/C32H44F3N7O4SSi.H2S/c1-21-17-40(13-14-45-21)29-16-24(26-18-41(20-36-26)47(43,44)39(6)7)30-37-27(19-46-48(8,9)31(3,4)5)28(42(30)38-29)15-23-11-10-12-25(22(23)2)32(33,34)35;/h10-12,16,18,20-21H,13-15,17,19H2,1-9H3;1H2. The maximum absolute atomic E-state index is 14.0. The van der Waals surface area contributed by atoms with Gasteiger partial charge in [0.25, 0.3) is 0 Å². The van der Waals surface area contributed by atoms with Gasteiger partial charge in [0.15, 0.2) is 19.8 Å². The maximum atomic E-state index is 14.0. The molecule has 5 rings (SSSR count). The molecule has 1 aliphatic heterocycles. The number of imidazole rings is 2. The van der Waals surface area contributed by atoms with E-state index in [1.165, 1.54) is 39.6 Å². The topological polar surface area (TPSA) is 107 Å². The lowest BCUT2D eigenvalue weighted by Crippen LogP contribution is -2.41. The molecule has 17 heteroatoms. The summed E-state index contributed by atoms with van der Waals surface area (Å²) in [7, 11) is -3.26. The Kier molecular flexibility index (Phi) is 11.1. The zero-order valence-electron chi connectivity index (χ0n) is 29.4. The van der Waals surface area contributed by atoms with Crippen molar-refractivity contribution in [1.82, 2.24) is 27.9 Å². The van der Waals surface area contributed by atoms with Gasteiger partial charge >= 0.3 is 16.4 Å². The quantitative estimate of drug-likeness (QED) is 0.192. The van der Waals surface area contributed by atoms with Gasteiger partial charge in [-0.3, -0.25) is 0 Å². The minimum absolute atomic E-state index is 0. The Bertz CT molecular complexity index is 1920. The molecule has 1 aliphatic rings. The van der Waals surface area contributed by atoms with Gasteiger partial charge < -0.3 is 14.1 Å². The number of morpholine rings is 1. The van der Waals surface area contributed by atoms with Gasteiger partial charge in [-0.1, -0.05) is 32.9 Å². The first-order chi connectivity index (χ1) is 22.2. The molecule has 1 saturated heterocycles. The molecule has 4 aromatic rings. The second kappa shape index (κ2) is 14.0. The lowest BCUT2D eigenvalue weighted by atomic mass is 9.98. The van der Waals surface area contributed by atoms with E-state index < -0.39 is 30.3 Å². The molecule has 0 saturated carbocycles. The van der Waals surface area contributed by atoms with Gasteiger partial charge in [-0.15, -0.1) is 5.10 Å². The van der Waals surface area contributed by atoms with E-state index in [0.717, 1.165) is 14.3 Å². The van der Waals surface area contributed by atoms with Crippen molar-refractivity contribution in [3.8, 4) is 11.3 Å². The van der Waals surface area contributed by atoms with E-state index in [1.807, 2.05) is 13.0 Å². The SMILES string of the molecule is Cc1c(Cc2c(CO[Si](C)(C)C(C)(C)C)nc3c(-c4cn(S(=O)(=O)N(C)C)cn4)cc(N4CCOC(C)C4)nn23)cccc1C(F)(F)F.S. The second-order valence-electron chi connectivity index (χ2n) is 14.0. The molecule has 0 amide bonds. The average Bonchev–Trinajstić information content (AvgIpc) is 3.61. The highest BCUT2D eigenvalue weighted by Gasteiger charge is 2.38. The Morgan fingerprint density at radius 2 is 1.86 bits per heavy atom. The molecule has 49 heavy (non-hydrogen) atoms. The van der Waals surface area contributed by atoms with Gasteiger partial charge in [-0.05, 0) is 55.2 Å². The lowest BCUT2D eigenvalue weighted by Gasteiger charge is -2.36. The van der Waals surface area contributed by atoms with Crippen molar-refractivity contribution in [2.75, 3.05) is 38.7 Å². The molecule has 3 aromatic heterocycles. The predicted octanol–water partition coefficient (Wildman–Crippen LogP) is 6.03. The van der Waals surface area contributed by atoms with Crippen LogP contribution in [-0.4, -0.2) is 84.5 Å². The number of ether oxygens (including phenoxy) is 1. The summed E-state index contributed by atoms with van der Waals surface area (Å²) in [6.45, 7) is 15.8. The highest BCUT2D eigenvalue weighted by Crippen LogP contribution is 2.38. The predicted molar refractivity (Wildman–Crippen MR) is 191 cm³/mol. The van der Waals surface area contributed by atoms with E-state index in [4.69, 9.17) is 19.2 Å². The highest BCUT2D eigenvalue weighted by molar-refractivity contribution is 7.87. The van der Waals surface area contributed by atoms with E-state index >= 15 is 0 Å². The molecule has 1 aromatic carbocycles. The lowest BCUT2D eigenvalue weighted by molar-refractivity contribution is -0.138. The summed E-state index contributed by atoms with van der Waals surface area (Å²) in [5.41, 5.74) is 2.29. The molecule has 1 fully saturated rings. The molecular weight excluding hydrogens is 696 g/mol. The van der Waals surface area contributed by atoms with Crippen molar-refractivity contribution >= 4 is 43.5 Å². The third kappa shape index (κ3) is 7.86. The first-order valence-electron chi connectivity index (χ1n) is 15.8. The molecule has 0 radical (unpaired) electrons. The fourth-order valence-corrected chi connectivity index (χ4v) is 7.05. The molecular formula is C32H46F3N7O4S2Si. The second-order valence-corrected chi connectivity index (χ2v) is 20.8. The summed E-state index contributed by atoms with van der Waals surface area (Å²) < 4.78 is 83.9. The van der Waals surface area contributed by atoms with Gasteiger partial charge in [0, 0.05) is 39.8 Å². The summed E-state index contributed by atoms with van der Waals surface area (Å²) in [5, 5.41) is 4.91. The van der Waals surface area contributed by atoms with Crippen LogP contribution >= 0.6 is 13.5 Å². The average molecular weight is 742 g/mol. The largest absolute Gasteiger partial charge is 0.416 e. The molecule has 0 bridgehead atoms. The summed E-state index contributed by atoms with van der Waals surface area (Å²) >= 11 is 0. The molecule has 0 N–H and O–H groups in total. The number of aromatic nitrogens is 5. The summed E-state index contributed by atoms with van der Waals surface area (Å²) in [5.74, 6) is 0.578. The Hall–Kier alpha value is -2.96. The van der Waals surface area contributed by atoms with Crippen LogP contribution in [0.4, 0.5) is 19.0 Å². The van der Waals surface area contributed by atoms with Crippen molar-refractivity contribution in [2.45, 2.75) is 78.1 Å². The fraction of sp³-hybridized carbons (Fsp3) is 0.531. The highest BCUT2D eigenvalue weighted by atomic mass is 32.2. The number of rotatable bonds is 9. The zero-order valence-corrected chi connectivity index (χ0v) is 32.2. The molecule has 11 nitrogen and oxygen atoms in total. The number of nitrogens with zero attached hydrogens (tertiary/aromatic N) is 7. The number of anilines is 1. The Morgan fingerprint density at radius 1 is 1.16 bits per heavy atom. The van der Waals surface area contributed by atoms with Crippen LogP contribution in [0.1, 0.15) is 55.8 Å². The number of hydrogen-bond donors (Lipinski definition) is 0. The van der Waals surface area contributed by atoms with Crippen molar-refractivity contribution in [3.05, 3.63) is 64.9 Å². The monoisotopic (exact) mass is 741 g/mol. The van der Waals surface area contributed by atoms with Crippen molar-refractivity contribution in [1.29, 1.82) is 0 Å². The first kappa shape index (κ1) is 38.8.